The van der Waals surface area contributed by atoms with E-state index in [2.05, 4.69) is 25.2 Å². The number of nitrogens with one attached hydrogen (secondary N) is 1. The van der Waals surface area contributed by atoms with Crippen LogP contribution in [0.4, 0.5) is 27.5 Å². The molecule has 0 amide bonds. The topological polar surface area (TPSA) is 94.6 Å². The Morgan fingerprint density at radius 2 is 1.85 bits per heavy atom. The second-order valence-electron chi connectivity index (χ2n) is 11.0. The maximum atomic E-state index is 15.0. The van der Waals surface area contributed by atoms with Crippen LogP contribution in [-0.4, -0.2) is 68.0 Å². The predicted molar refractivity (Wildman–Crippen MR) is 151 cm³/mol. The number of likely N-dealkylation sites (N-methyl/N-ethyl adjacent to an activating group) is 1. The SMILES string of the molecule is CN(C)C1CN(c2ccc(Nc3ncc4c(n3)N(S(=O)(=O)c3cccc5cccnc35)CC4(C)C)cc2F)C1. The molecular formula is C28H30FN7O2S. The Morgan fingerprint density at radius 3 is 2.59 bits per heavy atom. The molecule has 2 aromatic carbocycles. The van der Waals surface area contributed by atoms with Gasteiger partial charge in [-0.3, -0.25) is 4.98 Å². The van der Waals surface area contributed by atoms with Crippen molar-refractivity contribution in [3.63, 3.8) is 0 Å². The smallest absolute Gasteiger partial charge is 0.267 e. The van der Waals surface area contributed by atoms with Gasteiger partial charge in [0.25, 0.3) is 10.0 Å². The second-order valence-corrected chi connectivity index (χ2v) is 12.8. The zero-order valence-electron chi connectivity index (χ0n) is 22.3. The van der Waals surface area contributed by atoms with Crippen LogP contribution < -0.4 is 14.5 Å². The zero-order valence-corrected chi connectivity index (χ0v) is 23.1. The van der Waals surface area contributed by atoms with Crippen LogP contribution in [0, 0.1) is 5.82 Å². The molecule has 202 valence electrons. The average Bonchev–Trinajstić information content (AvgIpc) is 3.14. The van der Waals surface area contributed by atoms with Gasteiger partial charge in [-0.2, -0.15) is 4.98 Å². The third-order valence-electron chi connectivity index (χ3n) is 7.57. The first kappa shape index (κ1) is 25.4. The summed E-state index contributed by atoms with van der Waals surface area (Å²) < 4.78 is 44.2. The molecule has 1 N–H and O–H groups in total. The number of nitrogens with zero attached hydrogens (tertiary/aromatic N) is 6. The lowest BCUT2D eigenvalue weighted by Crippen LogP contribution is -2.57. The van der Waals surface area contributed by atoms with E-state index < -0.39 is 15.4 Å². The molecule has 2 aromatic heterocycles. The summed E-state index contributed by atoms with van der Waals surface area (Å²) in [7, 11) is 0.0598. The van der Waals surface area contributed by atoms with E-state index in [1.54, 1.807) is 42.7 Å². The molecule has 2 aliphatic rings. The molecule has 4 heterocycles. The summed E-state index contributed by atoms with van der Waals surface area (Å²) in [5, 5.41) is 3.79. The van der Waals surface area contributed by atoms with Crippen LogP contribution in [0.25, 0.3) is 10.9 Å². The Labute approximate surface area is 227 Å². The van der Waals surface area contributed by atoms with Crippen molar-refractivity contribution in [2.24, 2.45) is 0 Å². The first-order valence-corrected chi connectivity index (χ1v) is 14.2. The number of anilines is 4. The van der Waals surface area contributed by atoms with Crippen molar-refractivity contribution in [1.82, 2.24) is 19.9 Å². The molecule has 0 aliphatic carbocycles. The van der Waals surface area contributed by atoms with Gasteiger partial charge in [0.05, 0.1) is 11.2 Å². The largest absolute Gasteiger partial charge is 0.366 e. The van der Waals surface area contributed by atoms with Crippen LogP contribution in [0.1, 0.15) is 19.4 Å². The van der Waals surface area contributed by atoms with Gasteiger partial charge in [0.1, 0.15) is 10.7 Å². The summed E-state index contributed by atoms with van der Waals surface area (Å²) >= 11 is 0. The van der Waals surface area contributed by atoms with Crippen molar-refractivity contribution in [2.75, 3.05) is 48.3 Å². The average molecular weight is 548 g/mol. The number of hydrogen-bond donors (Lipinski definition) is 1. The number of fused-ring (bicyclic) bond motifs is 2. The van der Waals surface area contributed by atoms with Crippen molar-refractivity contribution in [3.8, 4) is 0 Å². The lowest BCUT2D eigenvalue weighted by molar-refractivity contribution is 0.246. The lowest BCUT2D eigenvalue weighted by atomic mass is 9.89. The molecule has 0 radical (unpaired) electrons. The minimum Gasteiger partial charge on any atom is -0.366 e. The maximum Gasteiger partial charge on any atom is 0.267 e. The molecule has 1 fully saturated rings. The van der Waals surface area contributed by atoms with Gasteiger partial charge in [-0.15, -0.1) is 0 Å². The second kappa shape index (κ2) is 9.13. The van der Waals surface area contributed by atoms with E-state index in [0.717, 1.165) is 24.0 Å². The van der Waals surface area contributed by atoms with E-state index in [-0.39, 0.29) is 23.2 Å². The van der Waals surface area contributed by atoms with Gasteiger partial charge in [0.2, 0.25) is 5.95 Å². The molecule has 2 aliphatic heterocycles. The number of sulfonamides is 1. The van der Waals surface area contributed by atoms with Crippen LogP contribution in [0.3, 0.4) is 0 Å². The number of pyridine rings is 1. The summed E-state index contributed by atoms with van der Waals surface area (Å²) in [6.45, 7) is 5.68. The third-order valence-corrected chi connectivity index (χ3v) is 9.34. The molecule has 0 saturated carbocycles. The number of halogens is 1. The summed E-state index contributed by atoms with van der Waals surface area (Å²) in [6.07, 6.45) is 3.23. The van der Waals surface area contributed by atoms with E-state index in [9.17, 15) is 12.8 Å². The molecule has 39 heavy (non-hydrogen) atoms. The van der Waals surface area contributed by atoms with Crippen LogP contribution in [-0.2, 0) is 15.4 Å². The Hall–Kier alpha value is -3.83. The Balaban J connectivity index is 1.31. The summed E-state index contributed by atoms with van der Waals surface area (Å²) in [4.78, 5) is 17.6. The number of hydrogen-bond acceptors (Lipinski definition) is 8. The highest BCUT2D eigenvalue weighted by molar-refractivity contribution is 7.93. The quantitative estimate of drug-likeness (QED) is 0.385. The van der Waals surface area contributed by atoms with Gasteiger partial charge in [-0.05, 0) is 44.4 Å². The fraction of sp³-hybridized carbons (Fsp3) is 0.321. The first-order valence-electron chi connectivity index (χ1n) is 12.8. The minimum atomic E-state index is -3.98. The lowest BCUT2D eigenvalue weighted by Gasteiger charge is -2.44. The van der Waals surface area contributed by atoms with Crippen LogP contribution in [0.5, 0.6) is 0 Å². The Morgan fingerprint density at radius 1 is 1.08 bits per heavy atom. The van der Waals surface area contributed by atoms with E-state index in [0.29, 0.717) is 28.8 Å². The number of rotatable bonds is 6. The molecular weight excluding hydrogens is 517 g/mol. The summed E-state index contributed by atoms with van der Waals surface area (Å²) in [5.74, 6) is 0.149. The van der Waals surface area contributed by atoms with Gasteiger partial charge in [0, 0.05) is 60.1 Å². The maximum absolute atomic E-state index is 15.0. The molecule has 1 saturated heterocycles. The van der Waals surface area contributed by atoms with Crippen LogP contribution in [0.2, 0.25) is 0 Å². The first-order chi connectivity index (χ1) is 18.5. The van der Waals surface area contributed by atoms with Gasteiger partial charge < -0.3 is 15.1 Å². The van der Waals surface area contributed by atoms with Crippen LogP contribution in [0.15, 0.2) is 65.8 Å². The predicted octanol–water partition coefficient (Wildman–Crippen LogP) is 4.14. The van der Waals surface area contributed by atoms with E-state index in [4.69, 9.17) is 0 Å². The Kier molecular flexibility index (Phi) is 5.96. The highest BCUT2D eigenvalue weighted by Crippen LogP contribution is 2.43. The third kappa shape index (κ3) is 4.35. The van der Waals surface area contributed by atoms with E-state index in [1.165, 1.54) is 10.4 Å². The molecule has 0 spiro atoms. The molecule has 11 heteroatoms. The number of para-hydroxylation sites is 1. The molecule has 0 unspecified atom stereocenters. The normalized spacial score (nSPS) is 17.0. The van der Waals surface area contributed by atoms with Gasteiger partial charge in [-0.1, -0.05) is 32.0 Å². The molecule has 6 rings (SSSR count). The fourth-order valence-corrected chi connectivity index (χ4v) is 6.93. The Bertz CT molecular complexity index is 1680. The minimum absolute atomic E-state index is 0.123. The summed E-state index contributed by atoms with van der Waals surface area (Å²) in [6, 6.07) is 14.1. The van der Waals surface area contributed by atoms with Crippen molar-refractivity contribution < 1.29 is 12.8 Å². The zero-order chi connectivity index (χ0) is 27.5. The fourth-order valence-electron chi connectivity index (χ4n) is 5.17. The van der Waals surface area contributed by atoms with Crippen molar-refractivity contribution in [1.29, 1.82) is 0 Å². The summed E-state index contributed by atoms with van der Waals surface area (Å²) in [5.41, 5.74) is 1.66. The highest BCUT2D eigenvalue weighted by atomic mass is 32.2. The van der Waals surface area contributed by atoms with Crippen molar-refractivity contribution in [2.45, 2.75) is 30.2 Å². The number of aromatic nitrogens is 3. The van der Waals surface area contributed by atoms with E-state index in [1.807, 2.05) is 45.0 Å². The van der Waals surface area contributed by atoms with Gasteiger partial charge in [0.15, 0.2) is 5.82 Å². The molecule has 9 nitrogen and oxygen atoms in total. The van der Waals surface area contributed by atoms with E-state index >= 15 is 0 Å². The monoisotopic (exact) mass is 547 g/mol. The highest BCUT2D eigenvalue weighted by Gasteiger charge is 2.43. The molecule has 0 atom stereocenters. The van der Waals surface area contributed by atoms with Crippen LogP contribution >= 0.6 is 0 Å². The van der Waals surface area contributed by atoms with Gasteiger partial charge >= 0.3 is 0 Å². The molecule has 0 bridgehead atoms. The van der Waals surface area contributed by atoms with Crippen molar-refractivity contribution >= 4 is 44.1 Å². The standard InChI is InChI=1S/C28H30FN7O2S/c1-28(2)17-36(39(37,38)24-9-5-7-18-8-6-12-30-25(18)24)26-21(28)14-31-27(33-26)32-19-10-11-23(22(29)13-19)35-15-20(16-35)34(3)4/h5-14,20H,15-17H2,1-4H3,(H,31,32,33). The van der Waals surface area contributed by atoms with Crippen molar-refractivity contribution in [3.05, 3.63) is 72.3 Å². The van der Waals surface area contributed by atoms with Gasteiger partial charge in [-0.25, -0.2) is 22.1 Å². The number of benzene rings is 2. The molecule has 4 aromatic rings.